The standard InChI is InChI=1S/C11H19N3O5S/c1-7(2)13-11(19)14-9(16)5-20-4-3-8(10(17)18)12-6-15/h6-8H,3-5H2,1-2H3,(H,12,15)(H,17,18)(H2,13,14,16,19). The molecule has 1 unspecified atom stereocenters. The van der Waals surface area contributed by atoms with E-state index in [1.54, 1.807) is 13.8 Å². The van der Waals surface area contributed by atoms with Crippen molar-refractivity contribution in [2.75, 3.05) is 11.5 Å². The molecule has 1 atom stereocenters. The Morgan fingerprint density at radius 1 is 1.30 bits per heavy atom. The Morgan fingerprint density at radius 3 is 2.45 bits per heavy atom. The lowest BCUT2D eigenvalue weighted by molar-refractivity contribution is -0.140. The number of amides is 4. The first-order valence-corrected chi connectivity index (χ1v) is 7.12. The third-order valence-electron chi connectivity index (χ3n) is 2.02. The van der Waals surface area contributed by atoms with E-state index in [-0.39, 0.29) is 18.2 Å². The van der Waals surface area contributed by atoms with E-state index in [4.69, 9.17) is 5.11 Å². The van der Waals surface area contributed by atoms with E-state index in [1.165, 1.54) is 11.8 Å². The van der Waals surface area contributed by atoms with Gasteiger partial charge in [-0.15, -0.1) is 0 Å². The van der Waals surface area contributed by atoms with Crippen molar-refractivity contribution in [3.63, 3.8) is 0 Å². The minimum atomic E-state index is -1.13. The number of carboxylic acids is 1. The van der Waals surface area contributed by atoms with Gasteiger partial charge in [-0.3, -0.25) is 14.9 Å². The lowest BCUT2D eigenvalue weighted by atomic mass is 10.2. The largest absolute Gasteiger partial charge is 0.480 e. The molecular weight excluding hydrogens is 286 g/mol. The van der Waals surface area contributed by atoms with Crippen molar-refractivity contribution in [3.8, 4) is 0 Å². The Balaban J connectivity index is 3.83. The zero-order chi connectivity index (χ0) is 15.5. The Kier molecular flexibility index (Phi) is 9.18. The number of hydrogen-bond acceptors (Lipinski definition) is 5. The Labute approximate surface area is 121 Å². The maximum absolute atomic E-state index is 11.4. The summed E-state index contributed by atoms with van der Waals surface area (Å²) in [5.41, 5.74) is 0. The molecule has 9 heteroatoms. The molecule has 0 fully saturated rings. The summed E-state index contributed by atoms with van der Waals surface area (Å²) in [6.07, 6.45) is 0.524. The molecule has 0 aromatic rings. The molecule has 8 nitrogen and oxygen atoms in total. The van der Waals surface area contributed by atoms with Gasteiger partial charge >= 0.3 is 12.0 Å². The average Bonchev–Trinajstić information content (AvgIpc) is 2.31. The molecule has 0 spiro atoms. The molecule has 0 aromatic carbocycles. The minimum Gasteiger partial charge on any atom is -0.480 e. The summed E-state index contributed by atoms with van der Waals surface area (Å²) in [4.78, 5) is 43.4. The number of rotatable bonds is 9. The maximum Gasteiger partial charge on any atom is 0.326 e. The number of aliphatic carboxylic acids is 1. The lowest BCUT2D eigenvalue weighted by Gasteiger charge is -2.11. The molecule has 4 amide bonds. The number of carbonyl (C=O) groups excluding carboxylic acids is 3. The fraction of sp³-hybridized carbons (Fsp3) is 0.636. The van der Waals surface area contributed by atoms with Crippen LogP contribution in [0.25, 0.3) is 0 Å². The summed E-state index contributed by atoms with van der Waals surface area (Å²) in [5.74, 6) is -1.17. The van der Waals surface area contributed by atoms with Crippen molar-refractivity contribution in [2.45, 2.75) is 32.4 Å². The van der Waals surface area contributed by atoms with Crippen molar-refractivity contribution in [2.24, 2.45) is 0 Å². The second-order valence-electron chi connectivity index (χ2n) is 4.19. The molecule has 0 aliphatic carbocycles. The Bertz CT molecular complexity index is 362. The fourth-order valence-corrected chi connectivity index (χ4v) is 1.99. The van der Waals surface area contributed by atoms with Crippen LogP contribution in [0.2, 0.25) is 0 Å². The van der Waals surface area contributed by atoms with Crippen molar-refractivity contribution < 1.29 is 24.3 Å². The molecule has 4 N–H and O–H groups in total. The second-order valence-corrected chi connectivity index (χ2v) is 5.30. The van der Waals surface area contributed by atoms with Gasteiger partial charge in [0.15, 0.2) is 0 Å². The molecule has 0 radical (unpaired) electrons. The summed E-state index contributed by atoms with van der Waals surface area (Å²) in [5, 5.41) is 15.6. The number of imide groups is 1. The first-order chi connectivity index (χ1) is 9.36. The van der Waals surface area contributed by atoms with Crippen molar-refractivity contribution in [1.29, 1.82) is 0 Å². The number of thioether (sulfide) groups is 1. The molecule has 0 rings (SSSR count). The van der Waals surface area contributed by atoms with Gasteiger partial charge in [-0.05, 0) is 26.0 Å². The van der Waals surface area contributed by atoms with Gasteiger partial charge in [0, 0.05) is 6.04 Å². The number of nitrogens with one attached hydrogen (secondary N) is 3. The Hall–Kier alpha value is -1.77. The van der Waals surface area contributed by atoms with Crippen LogP contribution in [-0.2, 0) is 14.4 Å². The van der Waals surface area contributed by atoms with Gasteiger partial charge in [0.25, 0.3) is 0 Å². The highest BCUT2D eigenvalue weighted by Gasteiger charge is 2.16. The molecule has 0 aromatic heterocycles. The summed E-state index contributed by atoms with van der Waals surface area (Å²) < 4.78 is 0. The highest BCUT2D eigenvalue weighted by Crippen LogP contribution is 2.05. The molecular formula is C11H19N3O5S. The van der Waals surface area contributed by atoms with Gasteiger partial charge in [-0.2, -0.15) is 11.8 Å². The van der Waals surface area contributed by atoms with Crippen LogP contribution in [0.4, 0.5) is 4.79 Å². The highest BCUT2D eigenvalue weighted by atomic mass is 32.2. The third-order valence-corrected chi connectivity index (χ3v) is 3.01. The van der Waals surface area contributed by atoms with E-state index < -0.39 is 23.9 Å². The highest BCUT2D eigenvalue weighted by molar-refractivity contribution is 7.99. The second kappa shape index (κ2) is 10.1. The SMILES string of the molecule is CC(C)NC(=O)NC(=O)CSCCC(NC=O)C(=O)O. The van der Waals surface area contributed by atoms with Crippen LogP contribution < -0.4 is 16.0 Å². The predicted molar refractivity (Wildman–Crippen MR) is 74.4 cm³/mol. The van der Waals surface area contributed by atoms with Gasteiger partial charge < -0.3 is 15.7 Å². The monoisotopic (exact) mass is 305 g/mol. The number of hydrogen-bond donors (Lipinski definition) is 4. The van der Waals surface area contributed by atoms with Crippen molar-refractivity contribution >= 4 is 36.1 Å². The van der Waals surface area contributed by atoms with Gasteiger partial charge in [0.2, 0.25) is 12.3 Å². The lowest BCUT2D eigenvalue weighted by Crippen LogP contribution is -2.43. The van der Waals surface area contributed by atoms with Crippen LogP contribution in [0, 0.1) is 0 Å². The normalized spacial score (nSPS) is 11.6. The first-order valence-electron chi connectivity index (χ1n) is 5.97. The molecule has 20 heavy (non-hydrogen) atoms. The van der Waals surface area contributed by atoms with Gasteiger partial charge in [-0.1, -0.05) is 0 Å². The van der Waals surface area contributed by atoms with Crippen LogP contribution in [0.3, 0.4) is 0 Å². The average molecular weight is 305 g/mol. The summed E-state index contributed by atoms with van der Waals surface area (Å²) in [6, 6.07) is -1.59. The van der Waals surface area contributed by atoms with E-state index >= 15 is 0 Å². The van der Waals surface area contributed by atoms with E-state index in [1.807, 2.05) is 0 Å². The number of carbonyl (C=O) groups is 4. The summed E-state index contributed by atoms with van der Waals surface area (Å²) in [6.45, 7) is 3.54. The molecule has 0 heterocycles. The van der Waals surface area contributed by atoms with Crippen LogP contribution in [-0.4, -0.2) is 53.0 Å². The molecule has 0 aliphatic heterocycles. The van der Waals surface area contributed by atoms with Gasteiger partial charge in [0.1, 0.15) is 6.04 Å². The van der Waals surface area contributed by atoms with Crippen LogP contribution >= 0.6 is 11.8 Å². The van der Waals surface area contributed by atoms with Crippen LogP contribution in [0.5, 0.6) is 0 Å². The molecule has 0 saturated heterocycles. The first kappa shape index (κ1) is 18.2. The van der Waals surface area contributed by atoms with E-state index in [0.29, 0.717) is 12.2 Å². The van der Waals surface area contributed by atoms with Crippen LogP contribution in [0.15, 0.2) is 0 Å². The number of carboxylic acid groups (broad SMARTS) is 1. The number of urea groups is 1. The topological polar surface area (TPSA) is 125 Å². The smallest absolute Gasteiger partial charge is 0.326 e. The third kappa shape index (κ3) is 9.20. The predicted octanol–water partition coefficient (Wildman–Crippen LogP) is -0.457. The van der Waals surface area contributed by atoms with Crippen molar-refractivity contribution in [3.05, 3.63) is 0 Å². The van der Waals surface area contributed by atoms with Gasteiger partial charge in [-0.25, -0.2) is 9.59 Å². The minimum absolute atomic E-state index is 0.0406. The summed E-state index contributed by atoms with van der Waals surface area (Å²) in [7, 11) is 0. The zero-order valence-corrected chi connectivity index (χ0v) is 12.2. The van der Waals surface area contributed by atoms with Crippen molar-refractivity contribution in [1.82, 2.24) is 16.0 Å². The maximum atomic E-state index is 11.4. The molecule has 0 aliphatic rings. The quantitative estimate of drug-likeness (QED) is 0.337. The Morgan fingerprint density at radius 2 is 1.95 bits per heavy atom. The fourth-order valence-electron chi connectivity index (χ4n) is 1.19. The van der Waals surface area contributed by atoms with E-state index in [0.717, 1.165) is 0 Å². The molecule has 0 bridgehead atoms. The van der Waals surface area contributed by atoms with E-state index in [9.17, 15) is 19.2 Å². The molecule has 114 valence electrons. The van der Waals surface area contributed by atoms with E-state index in [2.05, 4.69) is 16.0 Å². The summed E-state index contributed by atoms with van der Waals surface area (Å²) >= 11 is 1.18. The van der Waals surface area contributed by atoms with Crippen LogP contribution in [0.1, 0.15) is 20.3 Å². The zero-order valence-electron chi connectivity index (χ0n) is 11.3. The molecule has 0 saturated carbocycles. The van der Waals surface area contributed by atoms with Gasteiger partial charge in [0.05, 0.1) is 5.75 Å².